The molecule has 1 atom stereocenters. The molecule has 3 heterocycles. The van der Waals surface area contributed by atoms with Gasteiger partial charge in [0.1, 0.15) is 0 Å². The van der Waals surface area contributed by atoms with E-state index in [1.807, 2.05) is 0 Å². The minimum atomic E-state index is -2.84. The van der Waals surface area contributed by atoms with Gasteiger partial charge in [-0.15, -0.1) is 0 Å². The van der Waals surface area contributed by atoms with Crippen molar-refractivity contribution in [2.75, 3.05) is 11.5 Å². The SMILES string of the molecule is O=S1(=O)CCC(Cc2nc3ccc(Cl)cn3n2)C1. The molecule has 2 aromatic heterocycles. The minimum Gasteiger partial charge on any atom is -0.229 e. The van der Waals surface area contributed by atoms with E-state index < -0.39 is 9.84 Å². The monoisotopic (exact) mass is 285 g/mol. The first kappa shape index (κ1) is 11.9. The Labute approximate surface area is 110 Å². The highest BCUT2D eigenvalue weighted by molar-refractivity contribution is 7.91. The number of sulfone groups is 1. The van der Waals surface area contributed by atoms with E-state index in [4.69, 9.17) is 11.6 Å². The van der Waals surface area contributed by atoms with Gasteiger partial charge >= 0.3 is 0 Å². The molecule has 1 aliphatic rings. The highest BCUT2D eigenvalue weighted by Crippen LogP contribution is 2.21. The first-order valence-electron chi connectivity index (χ1n) is 5.73. The van der Waals surface area contributed by atoms with Gasteiger partial charge in [-0.3, -0.25) is 0 Å². The maximum absolute atomic E-state index is 11.4. The number of fused-ring (bicyclic) bond motifs is 1. The largest absolute Gasteiger partial charge is 0.229 e. The van der Waals surface area contributed by atoms with Crippen molar-refractivity contribution in [1.82, 2.24) is 14.6 Å². The van der Waals surface area contributed by atoms with Crippen LogP contribution in [0, 0.1) is 5.92 Å². The Morgan fingerprint density at radius 3 is 3.00 bits per heavy atom. The molecule has 3 rings (SSSR count). The predicted molar refractivity (Wildman–Crippen MR) is 68.5 cm³/mol. The van der Waals surface area contributed by atoms with Crippen molar-refractivity contribution in [1.29, 1.82) is 0 Å². The summed E-state index contributed by atoms with van der Waals surface area (Å²) in [7, 11) is -2.84. The Kier molecular flexibility index (Phi) is 2.79. The molecule has 0 saturated carbocycles. The van der Waals surface area contributed by atoms with Crippen LogP contribution < -0.4 is 0 Å². The van der Waals surface area contributed by atoms with E-state index in [0.29, 0.717) is 23.7 Å². The molecule has 0 radical (unpaired) electrons. The van der Waals surface area contributed by atoms with Crippen molar-refractivity contribution < 1.29 is 8.42 Å². The summed E-state index contributed by atoms with van der Waals surface area (Å²) in [5, 5.41) is 4.91. The second-order valence-electron chi connectivity index (χ2n) is 4.65. The van der Waals surface area contributed by atoms with Gasteiger partial charge in [0.25, 0.3) is 0 Å². The lowest BCUT2D eigenvalue weighted by molar-refractivity contribution is 0.569. The maximum Gasteiger partial charge on any atom is 0.155 e. The molecule has 0 amide bonds. The number of nitrogens with zero attached hydrogens (tertiary/aromatic N) is 3. The summed E-state index contributed by atoms with van der Waals surface area (Å²) >= 11 is 5.87. The van der Waals surface area contributed by atoms with Crippen LogP contribution in [0.15, 0.2) is 18.3 Å². The van der Waals surface area contributed by atoms with Gasteiger partial charge in [-0.05, 0) is 24.5 Å². The van der Waals surface area contributed by atoms with Crippen LogP contribution in [0.2, 0.25) is 5.02 Å². The first-order chi connectivity index (χ1) is 8.52. The molecule has 1 fully saturated rings. The number of hydrogen-bond donors (Lipinski definition) is 0. The molecule has 0 aromatic carbocycles. The molecule has 7 heteroatoms. The normalized spacial score (nSPS) is 22.6. The third-order valence-electron chi connectivity index (χ3n) is 3.14. The van der Waals surface area contributed by atoms with E-state index >= 15 is 0 Å². The van der Waals surface area contributed by atoms with Crippen molar-refractivity contribution in [3.8, 4) is 0 Å². The van der Waals surface area contributed by atoms with E-state index in [-0.39, 0.29) is 17.4 Å². The minimum absolute atomic E-state index is 0.142. The second-order valence-corrected chi connectivity index (χ2v) is 7.32. The van der Waals surface area contributed by atoms with Gasteiger partial charge in [0, 0.05) is 12.6 Å². The van der Waals surface area contributed by atoms with Crippen molar-refractivity contribution in [3.05, 3.63) is 29.2 Å². The number of hydrogen-bond acceptors (Lipinski definition) is 4. The third-order valence-corrected chi connectivity index (χ3v) is 5.20. The van der Waals surface area contributed by atoms with Gasteiger partial charge in [0.15, 0.2) is 21.3 Å². The number of aromatic nitrogens is 3. The first-order valence-corrected chi connectivity index (χ1v) is 7.93. The highest BCUT2D eigenvalue weighted by atomic mass is 35.5. The summed E-state index contributed by atoms with van der Waals surface area (Å²) < 4.78 is 24.4. The maximum atomic E-state index is 11.4. The fourth-order valence-corrected chi connectivity index (χ4v) is 4.30. The lowest BCUT2D eigenvalue weighted by Gasteiger charge is -2.01. The molecule has 5 nitrogen and oxygen atoms in total. The Hall–Kier alpha value is -1.14. The molecular formula is C11H12ClN3O2S. The zero-order chi connectivity index (χ0) is 12.8. The molecule has 0 spiro atoms. The fraction of sp³-hybridized carbons (Fsp3) is 0.455. The van der Waals surface area contributed by atoms with Crippen LogP contribution in [-0.2, 0) is 16.3 Å². The van der Waals surface area contributed by atoms with Crippen LogP contribution in [0.25, 0.3) is 5.65 Å². The molecule has 0 aliphatic carbocycles. The standard InChI is InChI=1S/C11H12ClN3O2S/c12-9-1-2-11-13-10(14-15(11)6-9)5-8-3-4-18(16,17)7-8/h1-2,6,8H,3-5,7H2. The Morgan fingerprint density at radius 1 is 1.44 bits per heavy atom. The van der Waals surface area contributed by atoms with Crippen molar-refractivity contribution in [2.45, 2.75) is 12.8 Å². The Balaban J connectivity index is 1.83. The molecular weight excluding hydrogens is 274 g/mol. The topological polar surface area (TPSA) is 64.3 Å². The summed E-state index contributed by atoms with van der Waals surface area (Å²) in [6, 6.07) is 3.56. The van der Waals surface area contributed by atoms with Gasteiger partial charge in [-0.25, -0.2) is 17.9 Å². The van der Waals surface area contributed by atoms with E-state index in [1.165, 1.54) is 0 Å². The average molecular weight is 286 g/mol. The summed E-state index contributed by atoms with van der Waals surface area (Å²) in [6.07, 6.45) is 3.01. The quantitative estimate of drug-likeness (QED) is 0.836. The van der Waals surface area contributed by atoms with Crippen LogP contribution in [0.5, 0.6) is 0 Å². The Bertz CT molecular complexity index is 695. The second kappa shape index (κ2) is 4.20. The van der Waals surface area contributed by atoms with Crippen LogP contribution in [0.4, 0.5) is 0 Å². The molecule has 1 aliphatic heterocycles. The lowest BCUT2D eigenvalue weighted by Crippen LogP contribution is -2.08. The van der Waals surface area contributed by atoms with Gasteiger partial charge < -0.3 is 0 Å². The molecule has 1 unspecified atom stereocenters. The number of rotatable bonds is 2. The van der Waals surface area contributed by atoms with Gasteiger partial charge in [-0.2, -0.15) is 5.10 Å². The van der Waals surface area contributed by atoms with Crippen molar-refractivity contribution >= 4 is 27.1 Å². The molecule has 0 N–H and O–H groups in total. The van der Waals surface area contributed by atoms with Crippen LogP contribution in [0.1, 0.15) is 12.2 Å². The summed E-state index contributed by atoms with van der Waals surface area (Å²) in [5.41, 5.74) is 0.732. The van der Waals surface area contributed by atoms with Crippen LogP contribution in [0.3, 0.4) is 0 Å². The van der Waals surface area contributed by atoms with E-state index in [1.54, 1.807) is 22.8 Å². The number of pyridine rings is 1. The number of halogens is 1. The van der Waals surface area contributed by atoms with Gasteiger partial charge in [-0.1, -0.05) is 11.6 Å². The van der Waals surface area contributed by atoms with Crippen molar-refractivity contribution in [2.24, 2.45) is 5.92 Å². The van der Waals surface area contributed by atoms with E-state index in [0.717, 1.165) is 5.65 Å². The fourth-order valence-electron chi connectivity index (χ4n) is 2.28. The van der Waals surface area contributed by atoms with Gasteiger partial charge in [0.2, 0.25) is 0 Å². The van der Waals surface area contributed by atoms with Crippen molar-refractivity contribution in [3.63, 3.8) is 0 Å². The van der Waals surface area contributed by atoms with Gasteiger partial charge in [0.05, 0.1) is 16.5 Å². The molecule has 1 saturated heterocycles. The summed E-state index contributed by atoms with van der Waals surface area (Å²) in [5.74, 6) is 1.36. The predicted octanol–water partition coefficient (Wildman–Crippen LogP) is 1.36. The lowest BCUT2D eigenvalue weighted by atomic mass is 10.1. The molecule has 18 heavy (non-hydrogen) atoms. The average Bonchev–Trinajstić information content (AvgIpc) is 2.81. The third kappa shape index (κ3) is 2.35. The smallest absolute Gasteiger partial charge is 0.155 e. The summed E-state index contributed by atoms with van der Waals surface area (Å²) in [6.45, 7) is 0. The molecule has 0 bridgehead atoms. The molecule has 96 valence electrons. The zero-order valence-electron chi connectivity index (χ0n) is 9.58. The Morgan fingerprint density at radius 2 is 2.28 bits per heavy atom. The zero-order valence-corrected chi connectivity index (χ0v) is 11.2. The van der Waals surface area contributed by atoms with E-state index in [2.05, 4.69) is 10.1 Å². The summed E-state index contributed by atoms with van der Waals surface area (Å²) in [4.78, 5) is 4.36. The highest BCUT2D eigenvalue weighted by Gasteiger charge is 2.28. The van der Waals surface area contributed by atoms with Crippen LogP contribution in [-0.4, -0.2) is 34.5 Å². The molecule has 2 aromatic rings. The van der Waals surface area contributed by atoms with Crippen LogP contribution >= 0.6 is 11.6 Å². The van der Waals surface area contributed by atoms with E-state index in [9.17, 15) is 8.42 Å².